The molecule has 1 saturated heterocycles. The van der Waals surface area contributed by atoms with Crippen LogP contribution in [0.15, 0.2) is 66.7 Å². The van der Waals surface area contributed by atoms with Crippen LogP contribution in [0.3, 0.4) is 0 Å². The molecule has 1 aliphatic rings. The van der Waals surface area contributed by atoms with Crippen molar-refractivity contribution in [1.29, 1.82) is 0 Å². The van der Waals surface area contributed by atoms with Gasteiger partial charge < -0.3 is 34.6 Å². The van der Waals surface area contributed by atoms with Gasteiger partial charge in [0.25, 0.3) is 0 Å². The molecule has 9 heteroatoms. The number of likely N-dealkylation sites (tertiary alicyclic amines) is 1. The second kappa shape index (κ2) is 16.0. The summed E-state index contributed by atoms with van der Waals surface area (Å²) in [4.78, 5) is 25.8. The molecule has 260 valence electrons. The normalized spacial score (nSPS) is 20.3. The second-order valence-corrected chi connectivity index (χ2v) is 14.1. The number of amides is 2. The Morgan fingerprint density at radius 1 is 1.04 bits per heavy atom. The number of aryl methyl sites for hydroxylation is 1. The van der Waals surface area contributed by atoms with Crippen LogP contribution in [0.1, 0.15) is 67.9 Å². The number of ether oxygens (including phenoxy) is 3. The lowest BCUT2D eigenvalue weighted by Crippen LogP contribution is -2.60. The lowest BCUT2D eigenvalue weighted by Gasteiger charge is -2.54. The number of aliphatic hydroxyl groups is 1. The maximum atomic E-state index is 12.8. The Kier molecular flexibility index (Phi) is 12.3. The van der Waals surface area contributed by atoms with Gasteiger partial charge in [-0.05, 0) is 64.1 Å². The zero-order valence-electron chi connectivity index (χ0n) is 29.4. The van der Waals surface area contributed by atoms with Crippen molar-refractivity contribution in [3.63, 3.8) is 0 Å². The van der Waals surface area contributed by atoms with Crippen LogP contribution < -0.4 is 5.32 Å². The molecule has 0 aromatic heterocycles. The highest BCUT2D eigenvalue weighted by Gasteiger charge is 2.54. The molecule has 0 spiro atoms. The van der Waals surface area contributed by atoms with Crippen LogP contribution in [0.5, 0.6) is 0 Å². The fraction of sp³-hybridized carbons (Fsp3) is 0.487. The van der Waals surface area contributed by atoms with Gasteiger partial charge in [0, 0.05) is 38.1 Å². The number of methoxy groups -OCH3 is 2. The smallest absolute Gasteiger partial charge is 0.407 e. The van der Waals surface area contributed by atoms with Gasteiger partial charge in [0.05, 0.1) is 26.9 Å². The summed E-state index contributed by atoms with van der Waals surface area (Å²) in [6, 6.07) is 21.7. The van der Waals surface area contributed by atoms with Gasteiger partial charge in [-0.25, -0.2) is 9.59 Å². The molecule has 0 bridgehead atoms. The number of nitrogens with zero attached hydrogens (tertiary/aromatic N) is 1. The summed E-state index contributed by atoms with van der Waals surface area (Å²) in [5, 5.41) is 25.9. The van der Waals surface area contributed by atoms with E-state index in [0.29, 0.717) is 32.8 Å². The number of alkyl carbamates (subject to hydrolysis) is 1. The van der Waals surface area contributed by atoms with Crippen LogP contribution in [-0.2, 0) is 32.8 Å². The molecule has 9 nitrogen and oxygen atoms in total. The van der Waals surface area contributed by atoms with Gasteiger partial charge in [-0.1, -0.05) is 94.4 Å². The van der Waals surface area contributed by atoms with Crippen molar-refractivity contribution in [1.82, 2.24) is 10.2 Å². The molecule has 0 radical (unpaired) electrons. The molecular formula is C39H52N2O7. The van der Waals surface area contributed by atoms with Crippen LogP contribution in [0.4, 0.5) is 9.59 Å². The third kappa shape index (κ3) is 8.56. The predicted molar refractivity (Wildman–Crippen MR) is 187 cm³/mol. The van der Waals surface area contributed by atoms with E-state index in [0.717, 1.165) is 38.9 Å². The quantitative estimate of drug-likeness (QED) is 0.189. The maximum absolute atomic E-state index is 12.8. The lowest BCUT2D eigenvalue weighted by atomic mass is 9.62. The van der Waals surface area contributed by atoms with E-state index in [1.165, 1.54) is 12.0 Å². The minimum Gasteiger partial charge on any atom is -0.465 e. The Hall–Kier alpha value is -3.92. The van der Waals surface area contributed by atoms with Crippen molar-refractivity contribution < 1.29 is 34.0 Å². The topological polar surface area (TPSA) is 118 Å². The molecule has 3 aromatic carbocycles. The largest absolute Gasteiger partial charge is 0.465 e. The van der Waals surface area contributed by atoms with E-state index in [9.17, 15) is 19.8 Å². The molecule has 1 heterocycles. The average molecular weight is 661 g/mol. The van der Waals surface area contributed by atoms with Crippen molar-refractivity contribution >= 4 is 12.2 Å². The maximum Gasteiger partial charge on any atom is 0.407 e. The number of benzene rings is 3. The van der Waals surface area contributed by atoms with Gasteiger partial charge in [-0.2, -0.15) is 0 Å². The first-order valence-corrected chi connectivity index (χ1v) is 16.7. The molecule has 3 N–H and O–H groups in total. The molecule has 1 unspecified atom stereocenters. The number of carbonyl (C=O) groups is 2. The first kappa shape index (κ1) is 36.9. The average Bonchev–Trinajstić information content (AvgIpc) is 3.04. The van der Waals surface area contributed by atoms with E-state index in [-0.39, 0.29) is 18.9 Å². The standard InChI is InChI=1S/C39H52N2O7/c1-26(23-46-6)24-48-25-28-12-15-31(16-13-28)39(45)19-21-41(37(43)44)35(38(3,4)5)34(39)32-17-14-30(22-27(32)2)33-11-9-8-10-29(33)18-20-40-36(42)47-7/h8-17,22,26,34-35,45H,18-21,23-25H2,1-7H3,(H,40,42)(H,43,44)/t26-,34-,35?,39-/m0/s1. The third-order valence-corrected chi connectivity index (χ3v) is 9.39. The van der Waals surface area contributed by atoms with Crippen molar-refractivity contribution in [3.05, 3.63) is 94.5 Å². The summed E-state index contributed by atoms with van der Waals surface area (Å²) in [6.45, 7) is 12.6. The van der Waals surface area contributed by atoms with E-state index in [1.807, 2.05) is 70.2 Å². The van der Waals surface area contributed by atoms with Gasteiger partial charge in [0.15, 0.2) is 0 Å². The molecule has 4 rings (SSSR count). The molecule has 0 aliphatic carbocycles. The minimum absolute atomic E-state index is 0.219. The van der Waals surface area contributed by atoms with Crippen LogP contribution in [0.25, 0.3) is 11.1 Å². The number of carbonyl (C=O) groups excluding carboxylic acids is 1. The number of hydrogen-bond acceptors (Lipinski definition) is 6. The van der Waals surface area contributed by atoms with E-state index < -0.39 is 35.2 Å². The monoisotopic (exact) mass is 660 g/mol. The molecule has 2 amide bonds. The van der Waals surface area contributed by atoms with Crippen molar-refractivity contribution in [2.45, 2.75) is 71.6 Å². The number of nitrogens with one attached hydrogen (secondary N) is 1. The summed E-state index contributed by atoms with van der Waals surface area (Å²) in [6.07, 6.45) is -0.563. The summed E-state index contributed by atoms with van der Waals surface area (Å²) < 4.78 is 15.8. The van der Waals surface area contributed by atoms with Crippen molar-refractivity contribution in [2.24, 2.45) is 11.3 Å². The van der Waals surface area contributed by atoms with E-state index in [1.54, 1.807) is 7.11 Å². The Bertz CT molecular complexity index is 1530. The highest BCUT2D eigenvalue weighted by atomic mass is 16.5. The molecule has 0 saturated carbocycles. The number of rotatable bonds is 12. The summed E-state index contributed by atoms with van der Waals surface area (Å²) >= 11 is 0. The first-order chi connectivity index (χ1) is 22.8. The molecule has 4 atom stereocenters. The fourth-order valence-corrected chi connectivity index (χ4v) is 7.14. The minimum atomic E-state index is -1.32. The van der Waals surface area contributed by atoms with Crippen molar-refractivity contribution in [2.75, 3.05) is 40.5 Å². The molecule has 48 heavy (non-hydrogen) atoms. The van der Waals surface area contributed by atoms with Gasteiger partial charge in [-0.15, -0.1) is 0 Å². The number of carboxylic acid groups (broad SMARTS) is 1. The Morgan fingerprint density at radius 2 is 1.75 bits per heavy atom. The second-order valence-electron chi connectivity index (χ2n) is 14.1. The molecular weight excluding hydrogens is 608 g/mol. The number of piperidine rings is 1. The predicted octanol–water partition coefficient (Wildman–Crippen LogP) is 7.13. The zero-order valence-corrected chi connectivity index (χ0v) is 29.4. The van der Waals surface area contributed by atoms with E-state index in [4.69, 9.17) is 14.2 Å². The number of hydrogen-bond donors (Lipinski definition) is 3. The molecule has 1 fully saturated rings. The Balaban J connectivity index is 1.72. The van der Waals surface area contributed by atoms with Crippen LogP contribution in [0, 0.1) is 18.3 Å². The van der Waals surface area contributed by atoms with Gasteiger partial charge >= 0.3 is 12.2 Å². The first-order valence-electron chi connectivity index (χ1n) is 16.7. The summed E-state index contributed by atoms with van der Waals surface area (Å²) in [5.74, 6) is -0.246. The lowest BCUT2D eigenvalue weighted by molar-refractivity contribution is -0.0909. The highest BCUT2D eigenvalue weighted by Crippen LogP contribution is 2.52. The van der Waals surface area contributed by atoms with Gasteiger partial charge in [-0.3, -0.25) is 0 Å². The van der Waals surface area contributed by atoms with Crippen LogP contribution in [0.2, 0.25) is 0 Å². The molecule has 3 aromatic rings. The Labute approximate surface area is 285 Å². The van der Waals surface area contributed by atoms with Crippen LogP contribution >= 0.6 is 0 Å². The summed E-state index contributed by atoms with van der Waals surface area (Å²) in [5.41, 5.74) is 4.98. The van der Waals surface area contributed by atoms with Crippen LogP contribution in [-0.4, -0.2) is 73.9 Å². The fourth-order valence-electron chi connectivity index (χ4n) is 7.14. The molecule has 1 aliphatic heterocycles. The van der Waals surface area contributed by atoms with Crippen molar-refractivity contribution in [3.8, 4) is 11.1 Å². The highest BCUT2D eigenvalue weighted by molar-refractivity contribution is 5.70. The van der Waals surface area contributed by atoms with E-state index in [2.05, 4.69) is 36.5 Å². The Morgan fingerprint density at radius 3 is 2.38 bits per heavy atom. The van der Waals surface area contributed by atoms with Gasteiger partial charge in [0.2, 0.25) is 0 Å². The summed E-state index contributed by atoms with van der Waals surface area (Å²) in [7, 11) is 3.03. The SMILES string of the molecule is COC[C@H](C)COCc1ccc([C@@]2(O)CCN(C(=O)O)C(C(C)(C)C)[C@@H]2c2ccc(-c3ccccc3CCNC(=O)OC)cc2C)cc1. The van der Waals surface area contributed by atoms with E-state index >= 15 is 0 Å². The third-order valence-electron chi connectivity index (χ3n) is 9.39. The van der Waals surface area contributed by atoms with Gasteiger partial charge in [0.1, 0.15) is 5.60 Å². The zero-order chi connectivity index (χ0) is 35.1.